The number of nitrogens with one attached hydrogen (secondary N) is 4. The van der Waals surface area contributed by atoms with Crippen LogP contribution in [0.25, 0.3) is 0 Å². The molecule has 0 aliphatic rings. The molecule has 0 aliphatic heterocycles. The first-order valence-corrected chi connectivity index (χ1v) is 12.7. The van der Waals surface area contributed by atoms with Gasteiger partial charge in [0.05, 0.1) is 18.5 Å². The summed E-state index contributed by atoms with van der Waals surface area (Å²) in [5.41, 5.74) is 11.9. The van der Waals surface area contributed by atoms with Crippen molar-refractivity contribution in [2.75, 3.05) is 18.6 Å². The van der Waals surface area contributed by atoms with Crippen LogP contribution in [0.15, 0.2) is 12.5 Å². The average molecular weight is 516 g/mol. The lowest BCUT2D eigenvalue weighted by molar-refractivity contribution is -0.145. The molecule has 0 saturated heterocycles. The standard InChI is InChI=1S/C21H37N7O6S/c1-12(29)17(21(33)34)28-20(32)16(9-13-10-24-11-25-13)27-19(31)15(6-8-35-2)26-18(30)14(23)5-3-4-7-22/h10-12,14-17,29H,3-9,22-23H2,1-2H3,(H,24,25)(H,26,30)(H,27,31)(H,28,32)(H,33,34). The Balaban J connectivity index is 2.98. The minimum absolute atomic E-state index is 0.0223. The lowest BCUT2D eigenvalue weighted by Crippen LogP contribution is -2.58. The van der Waals surface area contributed by atoms with Crippen molar-refractivity contribution in [1.82, 2.24) is 25.9 Å². The van der Waals surface area contributed by atoms with E-state index in [0.717, 1.165) is 6.42 Å². The maximum Gasteiger partial charge on any atom is 0.328 e. The molecule has 0 aromatic carbocycles. The summed E-state index contributed by atoms with van der Waals surface area (Å²) in [6.07, 6.45) is 5.43. The maximum absolute atomic E-state index is 13.1. The van der Waals surface area contributed by atoms with Crippen molar-refractivity contribution in [3.05, 3.63) is 18.2 Å². The third-order valence-electron chi connectivity index (χ3n) is 5.21. The molecule has 1 heterocycles. The zero-order valence-electron chi connectivity index (χ0n) is 20.0. The number of amides is 3. The second kappa shape index (κ2) is 16.1. The maximum atomic E-state index is 13.1. The van der Waals surface area contributed by atoms with Gasteiger partial charge in [0.1, 0.15) is 12.1 Å². The van der Waals surface area contributed by atoms with Gasteiger partial charge in [-0.2, -0.15) is 11.8 Å². The van der Waals surface area contributed by atoms with Crippen LogP contribution in [0, 0.1) is 0 Å². The van der Waals surface area contributed by atoms with E-state index < -0.39 is 54.0 Å². The van der Waals surface area contributed by atoms with Gasteiger partial charge in [0, 0.05) is 18.3 Å². The number of nitrogens with two attached hydrogens (primary N) is 2. The third kappa shape index (κ3) is 11.1. The Hall–Kier alpha value is -2.68. The Kier molecular flexibility index (Phi) is 13.9. The number of carboxylic acids is 1. The molecule has 35 heavy (non-hydrogen) atoms. The molecule has 3 amide bonds. The summed E-state index contributed by atoms with van der Waals surface area (Å²) in [5, 5.41) is 26.5. The summed E-state index contributed by atoms with van der Waals surface area (Å²) in [4.78, 5) is 56.6. The van der Waals surface area contributed by atoms with Crippen LogP contribution in [0.4, 0.5) is 0 Å². The molecule has 0 saturated carbocycles. The van der Waals surface area contributed by atoms with E-state index in [1.165, 1.54) is 31.2 Å². The van der Waals surface area contributed by atoms with Crippen molar-refractivity contribution in [3.8, 4) is 0 Å². The molecule has 0 aliphatic carbocycles. The number of rotatable bonds is 17. The van der Waals surface area contributed by atoms with Gasteiger partial charge in [0.25, 0.3) is 0 Å². The van der Waals surface area contributed by atoms with Crippen LogP contribution in [0.5, 0.6) is 0 Å². The normalized spacial score (nSPS) is 15.3. The van der Waals surface area contributed by atoms with Gasteiger partial charge < -0.3 is 42.6 Å². The van der Waals surface area contributed by atoms with Crippen molar-refractivity contribution < 1.29 is 29.4 Å². The third-order valence-corrected chi connectivity index (χ3v) is 5.85. The molecule has 1 aromatic rings. The summed E-state index contributed by atoms with van der Waals surface area (Å²) in [6.45, 7) is 1.72. The molecular formula is C21H37N7O6S. The van der Waals surface area contributed by atoms with Gasteiger partial charge in [-0.15, -0.1) is 0 Å². The van der Waals surface area contributed by atoms with Crippen LogP contribution in [-0.2, 0) is 25.6 Å². The number of imidazole rings is 1. The first-order chi connectivity index (χ1) is 16.6. The smallest absolute Gasteiger partial charge is 0.328 e. The fourth-order valence-electron chi connectivity index (χ4n) is 3.16. The molecule has 1 rings (SSSR count). The fourth-order valence-corrected chi connectivity index (χ4v) is 3.63. The highest BCUT2D eigenvalue weighted by Crippen LogP contribution is 2.06. The van der Waals surface area contributed by atoms with Crippen molar-refractivity contribution in [2.24, 2.45) is 11.5 Å². The van der Waals surface area contributed by atoms with Crippen LogP contribution in [0.2, 0.25) is 0 Å². The number of hydrogen-bond donors (Lipinski definition) is 8. The molecule has 0 spiro atoms. The number of carbonyl (C=O) groups excluding carboxylic acids is 3. The second-order valence-corrected chi connectivity index (χ2v) is 9.13. The number of aliphatic carboxylic acids is 1. The monoisotopic (exact) mass is 515 g/mol. The fraction of sp³-hybridized carbons (Fsp3) is 0.667. The van der Waals surface area contributed by atoms with Gasteiger partial charge in [-0.25, -0.2) is 9.78 Å². The number of nitrogens with zero attached hydrogens (tertiary/aromatic N) is 1. The molecule has 5 unspecified atom stereocenters. The van der Waals surface area contributed by atoms with E-state index in [9.17, 15) is 29.4 Å². The van der Waals surface area contributed by atoms with Gasteiger partial charge in [0.15, 0.2) is 6.04 Å². The average Bonchev–Trinajstić information content (AvgIpc) is 3.32. The number of thioether (sulfide) groups is 1. The van der Waals surface area contributed by atoms with E-state index in [2.05, 4.69) is 25.9 Å². The summed E-state index contributed by atoms with van der Waals surface area (Å²) < 4.78 is 0. The number of carboxylic acid groups (broad SMARTS) is 1. The molecule has 5 atom stereocenters. The Morgan fingerprint density at radius 3 is 2.29 bits per heavy atom. The zero-order chi connectivity index (χ0) is 26.4. The highest BCUT2D eigenvalue weighted by atomic mass is 32.2. The summed E-state index contributed by atoms with van der Waals surface area (Å²) in [6, 6.07) is -4.53. The van der Waals surface area contributed by atoms with Gasteiger partial charge in [0.2, 0.25) is 17.7 Å². The Morgan fingerprint density at radius 2 is 1.74 bits per heavy atom. The number of aliphatic hydroxyl groups excluding tert-OH is 1. The number of hydrogen-bond acceptors (Lipinski definition) is 9. The SMILES string of the molecule is CSCCC(NC(=O)C(N)CCCCN)C(=O)NC(Cc1cnc[nH]1)C(=O)NC(C(=O)O)C(C)O. The summed E-state index contributed by atoms with van der Waals surface area (Å²) in [5.74, 6) is -2.78. The number of H-pyrrole nitrogens is 1. The lowest BCUT2D eigenvalue weighted by atomic mass is 10.1. The topological polar surface area (TPSA) is 226 Å². The van der Waals surface area contributed by atoms with Crippen LogP contribution >= 0.6 is 11.8 Å². The van der Waals surface area contributed by atoms with Crippen molar-refractivity contribution in [3.63, 3.8) is 0 Å². The predicted molar refractivity (Wildman–Crippen MR) is 131 cm³/mol. The number of carbonyl (C=O) groups is 4. The molecular weight excluding hydrogens is 478 g/mol. The number of aromatic nitrogens is 2. The van der Waals surface area contributed by atoms with Crippen molar-refractivity contribution in [1.29, 1.82) is 0 Å². The summed E-state index contributed by atoms with van der Waals surface area (Å²) >= 11 is 1.48. The lowest BCUT2D eigenvalue weighted by Gasteiger charge is -2.25. The molecule has 10 N–H and O–H groups in total. The highest BCUT2D eigenvalue weighted by molar-refractivity contribution is 7.98. The number of unbranched alkanes of at least 4 members (excludes halogenated alkanes) is 1. The molecule has 0 radical (unpaired) electrons. The minimum atomic E-state index is -1.57. The molecule has 198 valence electrons. The minimum Gasteiger partial charge on any atom is -0.480 e. The van der Waals surface area contributed by atoms with Crippen LogP contribution in [0.1, 0.15) is 38.3 Å². The van der Waals surface area contributed by atoms with Gasteiger partial charge in [-0.1, -0.05) is 6.42 Å². The van der Waals surface area contributed by atoms with E-state index in [4.69, 9.17) is 11.5 Å². The first kappa shape index (κ1) is 30.4. The largest absolute Gasteiger partial charge is 0.480 e. The second-order valence-electron chi connectivity index (χ2n) is 8.14. The molecule has 13 nitrogen and oxygen atoms in total. The van der Waals surface area contributed by atoms with Crippen LogP contribution in [0.3, 0.4) is 0 Å². The van der Waals surface area contributed by atoms with Gasteiger partial charge in [-0.3, -0.25) is 14.4 Å². The zero-order valence-corrected chi connectivity index (χ0v) is 20.8. The van der Waals surface area contributed by atoms with Crippen LogP contribution < -0.4 is 27.4 Å². The first-order valence-electron chi connectivity index (χ1n) is 11.3. The summed E-state index contributed by atoms with van der Waals surface area (Å²) in [7, 11) is 0. The van der Waals surface area contributed by atoms with E-state index >= 15 is 0 Å². The quantitative estimate of drug-likeness (QED) is 0.107. The predicted octanol–water partition coefficient (Wildman–Crippen LogP) is -1.92. The Labute approximate surface area is 208 Å². The number of aromatic amines is 1. The van der Waals surface area contributed by atoms with Crippen LogP contribution in [-0.4, -0.2) is 92.7 Å². The molecule has 0 bridgehead atoms. The number of aliphatic hydroxyl groups is 1. The van der Waals surface area contributed by atoms with Gasteiger partial charge in [-0.05, 0) is 44.7 Å². The Morgan fingerprint density at radius 1 is 1.09 bits per heavy atom. The molecule has 14 heteroatoms. The Bertz CT molecular complexity index is 808. The van der Waals surface area contributed by atoms with Gasteiger partial charge >= 0.3 is 5.97 Å². The molecule has 0 fully saturated rings. The van der Waals surface area contributed by atoms with E-state index in [-0.39, 0.29) is 12.8 Å². The van der Waals surface area contributed by atoms with E-state index in [1.807, 2.05) is 6.26 Å². The van der Waals surface area contributed by atoms with Crippen molar-refractivity contribution >= 4 is 35.5 Å². The highest BCUT2D eigenvalue weighted by Gasteiger charge is 2.32. The van der Waals surface area contributed by atoms with E-state index in [1.54, 1.807) is 0 Å². The van der Waals surface area contributed by atoms with Crippen molar-refractivity contribution in [2.45, 2.75) is 69.3 Å². The van der Waals surface area contributed by atoms with E-state index in [0.29, 0.717) is 30.8 Å². The molecule has 1 aromatic heterocycles.